The number of nitrogens with one attached hydrogen (secondary N) is 8. The number of aliphatic hydroxyl groups is 1. The van der Waals surface area contributed by atoms with Gasteiger partial charge >= 0.3 is 11.9 Å². The van der Waals surface area contributed by atoms with E-state index in [4.69, 9.17) is 14.9 Å². The zero-order chi connectivity index (χ0) is 58.6. The van der Waals surface area contributed by atoms with Crippen molar-refractivity contribution >= 4 is 72.0 Å². The number of unbranched alkanes of at least 4 members (excludes halogenated alkanes) is 1. The molecule has 0 radical (unpaired) electrons. The molecule has 0 spiro atoms. The highest BCUT2D eigenvalue weighted by molar-refractivity contribution is 6.99. The second-order valence-electron chi connectivity index (χ2n) is 22.3. The van der Waals surface area contributed by atoms with Crippen LogP contribution in [0.3, 0.4) is 0 Å². The third-order valence-corrected chi connectivity index (χ3v) is 19.3. The number of benzene rings is 3. The van der Waals surface area contributed by atoms with E-state index in [0.717, 1.165) is 39.0 Å². The normalized spacial score (nSPS) is 17.3. The van der Waals surface area contributed by atoms with Gasteiger partial charge in [0.05, 0.1) is 58.0 Å². The van der Waals surface area contributed by atoms with E-state index in [-0.39, 0.29) is 67.0 Å². The molecule has 2 aliphatic heterocycles. The third kappa shape index (κ3) is 20.0. The monoisotopic (exact) mass is 1160 g/mol. The number of aliphatic hydroxyl groups excluding tert-OH is 1. The van der Waals surface area contributed by atoms with Gasteiger partial charge in [-0.1, -0.05) is 126 Å². The van der Waals surface area contributed by atoms with E-state index >= 15 is 0 Å². The number of carbonyl (C=O) groups excluding carboxylic acids is 8. The molecule has 0 unspecified atom stereocenters. The van der Waals surface area contributed by atoms with E-state index in [9.17, 15) is 43.5 Å². The van der Waals surface area contributed by atoms with Crippen LogP contribution in [-0.4, -0.2) is 153 Å². The Morgan fingerprint density at radius 2 is 1.21 bits per heavy atom. The lowest BCUT2D eigenvalue weighted by Crippen LogP contribution is -3.00. The van der Waals surface area contributed by atoms with E-state index in [1.165, 1.54) is 24.2 Å². The SMILES string of the molecule is COC(=O)[C@H](Cc1ccccc1)NC(=O)[C@H](CC(N)=O)NC(=O)[C@H](CC(C)C)NC(=O)[C@@H](NC(=O)[C@H](C)NC(=O)CCCCC(=O)NC[C@@H]1CC[N+]2=C(N1)N[C@H](CO[Si](c1ccccc1)(c1ccccc1)C(C)(C)C)CC2)[C@@H](C)O.[Cl-]. The van der Waals surface area contributed by atoms with Crippen LogP contribution < -0.4 is 71.0 Å². The number of nitrogens with two attached hydrogens (primary N) is 1. The molecular weight excluding hydrogens is 1080 g/mol. The smallest absolute Gasteiger partial charge is 0.346 e. The highest BCUT2D eigenvalue weighted by Gasteiger charge is 2.51. The van der Waals surface area contributed by atoms with Crippen LogP contribution in [0.4, 0.5) is 0 Å². The lowest BCUT2D eigenvalue weighted by molar-refractivity contribution is -0.542. The number of rotatable bonds is 29. The Bertz CT molecular complexity index is 2570. The Kier molecular flexibility index (Phi) is 26.3. The van der Waals surface area contributed by atoms with Crippen molar-refractivity contribution in [3.63, 3.8) is 0 Å². The number of amides is 7. The minimum atomic E-state index is -2.71. The maximum absolute atomic E-state index is 13.8. The summed E-state index contributed by atoms with van der Waals surface area (Å²) < 4.78 is 14.4. The summed E-state index contributed by atoms with van der Waals surface area (Å²) in [6.07, 6.45) is 0.741. The molecule has 3 aromatic carbocycles. The van der Waals surface area contributed by atoms with Gasteiger partial charge in [0.15, 0.2) is 0 Å². The first-order valence-corrected chi connectivity index (χ1v) is 29.7. The van der Waals surface area contributed by atoms with Gasteiger partial charge in [0, 0.05) is 32.1 Å². The number of guanidine groups is 1. The Morgan fingerprint density at radius 1 is 0.691 bits per heavy atom. The molecule has 3 aromatic rings. The van der Waals surface area contributed by atoms with Gasteiger partial charge in [0.25, 0.3) is 8.32 Å². The number of esters is 1. The summed E-state index contributed by atoms with van der Waals surface area (Å²) in [6.45, 7) is 15.7. The zero-order valence-corrected chi connectivity index (χ0v) is 49.7. The van der Waals surface area contributed by atoms with Gasteiger partial charge in [0.2, 0.25) is 41.4 Å². The van der Waals surface area contributed by atoms with Crippen molar-refractivity contribution in [2.45, 2.75) is 160 Å². The summed E-state index contributed by atoms with van der Waals surface area (Å²) in [5.41, 5.74) is 6.14. The van der Waals surface area contributed by atoms with Crippen molar-refractivity contribution in [3.05, 3.63) is 96.6 Å². The van der Waals surface area contributed by atoms with Gasteiger partial charge in [-0.15, -0.1) is 0 Å². The molecule has 0 aliphatic carbocycles. The van der Waals surface area contributed by atoms with Crippen molar-refractivity contribution in [1.29, 1.82) is 0 Å². The predicted octanol–water partition coefficient (Wildman–Crippen LogP) is -2.50. The molecule has 23 heteroatoms. The van der Waals surface area contributed by atoms with E-state index in [1.807, 2.05) is 12.1 Å². The molecule has 2 heterocycles. The number of hydrogen-bond donors (Lipinski definition) is 10. The van der Waals surface area contributed by atoms with Gasteiger partial charge in [0.1, 0.15) is 30.2 Å². The minimum absolute atomic E-state index is 0. The third-order valence-electron chi connectivity index (χ3n) is 14.3. The first-order valence-electron chi connectivity index (χ1n) is 27.8. The number of hydrogen-bond acceptors (Lipinski definition) is 13. The Morgan fingerprint density at radius 3 is 1.75 bits per heavy atom. The summed E-state index contributed by atoms with van der Waals surface area (Å²) in [5, 5.41) is 35.9. The summed E-state index contributed by atoms with van der Waals surface area (Å²) in [4.78, 5) is 105. The fraction of sp³-hybridized carbons (Fsp3) is 0.534. The number of methoxy groups -OCH3 is 1. The van der Waals surface area contributed by atoms with Crippen LogP contribution >= 0.6 is 0 Å². The van der Waals surface area contributed by atoms with E-state index < -0.39 is 92.5 Å². The summed E-state index contributed by atoms with van der Waals surface area (Å²) in [7, 11) is -1.56. The molecule has 5 rings (SSSR count). The molecule has 444 valence electrons. The van der Waals surface area contributed by atoms with Crippen LogP contribution in [0.5, 0.6) is 0 Å². The summed E-state index contributed by atoms with van der Waals surface area (Å²) in [6, 6.07) is 23.3. The molecule has 0 saturated carbocycles. The van der Waals surface area contributed by atoms with Crippen LogP contribution in [-0.2, 0) is 53.9 Å². The maximum Gasteiger partial charge on any atom is 0.346 e. The number of halogens is 1. The lowest BCUT2D eigenvalue weighted by atomic mass is 10.0. The fourth-order valence-electron chi connectivity index (χ4n) is 10.0. The molecule has 11 N–H and O–H groups in total. The van der Waals surface area contributed by atoms with Crippen molar-refractivity contribution in [2.75, 3.05) is 33.4 Å². The highest BCUT2D eigenvalue weighted by Crippen LogP contribution is 2.37. The van der Waals surface area contributed by atoms with Gasteiger partial charge in [-0.05, 0) is 60.0 Å². The summed E-state index contributed by atoms with van der Waals surface area (Å²) in [5.74, 6) is -5.09. The lowest BCUT2D eigenvalue weighted by Gasteiger charge is -2.44. The van der Waals surface area contributed by atoms with Gasteiger partial charge < -0.3 is 64.3 Å². The molecule has 81 heavy (non-hydrogen) atoms. The topological polar surface area (TPSA) is 301 Å². The van der Waals surface area contributed by atoms with E-state index in [1.54, 1.807) is 44.2 Å². The standard InChI is InChI=1S/C58H84N10O11Si.ClH/c1-37(2)32-45(53(74)64-46(34-48(59)70)54(75)66-47(56(77)78-8)33-40-20-12-9-13-21-40)65-55(76)51(39(4)69)67-52(73)38(3)61-50(72)27-19-18-26-49(71)60-35-41-28-30-68-31-29-42(63-57(68)62-41)36-79-80(58(5,6)7,43-22-14-10-15-23-43)44-24-16-11-17-25-44;/h9-17,20-25,37-39,41-42,45-47,51,69H,18-19,26-36H2,1-8H3,(H9,59,60,61,62,63,64,65,66,67,70,71,72,73,74,75,76);1H/t38-,39+,41-,42-,45-,46-,47-,51-;/m0./s1. The number of primary amides is 1. The van der Waals surface area contributed by atoms with Gasteiger partial charge in [-0.3, -0.25) is 48.8 Å². The molecule has 0 aromatic heterocycles. The van der Waals surface area contributed by atoms with E-state index in [2.05, 4.69) is 116 Å². The van der Waals surface area contributed by atoms with Crippen LogP contribution in [0, 0.1) is 5.92 Å². The first kappa shape index (κ1) is 66.6. The largest absolute Gasteiger partial charge is 1.00 e. The molecule has 2 aliphatic rings. The average Bonchev–Trinajstić information content (AvgIpc) is 3.47. The van der Waals surface area contributed by atoms with Crippen LogP contribution in [0.1, 0.15) is 105 Å². The number of ether oxygens (including phenoxy) is 1. The van der Waals surface area contributed by atoms with Crippen LogP contribution in [0.25, 0.3) is 0 Å². The molecule has 0 saturated heterocycles. The number of carbonyl (C=O) groups is 8. The van der Waals surface area contributed by atoms with Gasteiger partial charge in [-0.25, -0.2) is 4.79 Å². The van der Waals surface area contributed by atoms with Crippen LogP contribution in [0.15, 0.2) is 91.0 Å². The molecule has 21 nitrogen and oxygen atoms in total. The highest BCUT2D eigenvalue weighted by atomic mass is 35.5. The predicted molar refractivity (Wildman–Crippen MR) is 306 cm³/mol. The van der Waals surface area contributed by atoms with E-state index in [0.29, 0.717) is 31.6 Å². The summed E-state index contributed by atoms with van der Waals surface area (Å²) >= 11 is 0. The minimum Gasteiger partial charge on any atom is -1.00 e. The quantitative estimate of drug-likeness (QED) is 0.0149. The average molecular weight is 1160 g/mol. The molecular formula is C58H85ClN10O11Si. The maximum atomic E-state index is 13.8. The first-order chi connectivity index (χ1) is 38.0. The molecule has 0 fully saturated rings. The molecule has 7 amide bonds. The second kappa shape index (κ2) is 31.9. The Labute approximate surface area is 483 Å². The molecule has 8 atom stereocenters. The van der Waals surface area contributed by atoms with Crippen molar-refractivity contribution < 1.29 is 69.6 Å². The fourth-order valence-corrected chi connectivity index (χ4v) is 14.7. The molecule has 0 bridgehead atoms. The van der Waals surface area contributed by atoms with Crippen molar-refractivity contribution in [3.8, 4) is 0 Å². The number of nitrogens with zero attached hydrogens (tertiary/aromatic N) is 1. The zero-order valence-electron chi connectivity index (χ0n) is 48.0. The van der Waals surface area contributed by atoms with Crippen molar-refractivity contribution in [1.82, 2.24) is 42.5 Å². The van der Waals surface area contributed by atoms with Crippen LogP contribution in [0.2, 0.25) is 5.04 Å². The van der Waals surface area contributed by atoms with Gasteiger partial charge in [-0.2, -0.15) is 0 Å². The van der Waals surface area contributed by atoms with Crippen molar-refractivity contribution in [2.24, 2.45) is 11.7 Å². The Hall–Kier alpha value is -6.88. The second-order valence-corrected chi connectivity index (χ2v) is 26.6. The Balaban J connectivity index is 0.0000141.